The molecule has 0 aliphatic carbocycles. The van der Waals surface area contributed by atoms with Crippen LogP contribution in [0, 0.1) is 5.82 Å². The minimum Gasteiger partial charge on any atom is -0.398 e. The van der Waals surface area contributed by atoms with Gasteiger partial charge in [0, 0.05) is 22.7 Å². The first-order valence-corrected chi connectivity index (χ1v) is 6.31. The molecule has 3 N–H and O–H groups in total. The van der Waals surface area contributed by atoms with E-state index in [9.17, 15) is 9.18 Å². The quantitative estimate of drug-likeness (QED) is 0.557. The predicted octanol–water partition coefficient (Wildman–Crippen LogP) is 3.77. The Kier molecular flexibility index (Phi) is 2.95. The van der Waals surface area contributed by atoms with Crippen LogP contribution in [0.1, 0.15) is 15.9 Å². The molecule has 1 heterocycles. The highest BCUT2D eigenvalue weighted by Gasteiger charge is 2.19. The fraction of sp³-hybridized carbons (Fsp3) is 0. The van der Waals surface area contributed by atoms with Crippen molar-refractivity contribution in [3.05, 3.63) is 64.6 Å². The third-order valence-electron chi connectivity index (χ3n) is 3.17. The lowest BCUT2D eigenvalue weighted by molar-refractivity contribution is 0.104. The molecule has 0 aliphatic heterocycles. The Labute approximate surface area is 119 Å². The molecule has 0 radical (unpaired) electrons. The molecular formula is C15H10ClFN2O. The van der Waals surface area contributed by atoms with E-state index in [4.69, 9.17) is 17.3 Å². The molecule has 0 unspecified atom stereocenters. The zero-order valence-electron chi connectivity index (χ0n) is 10.3. The van der Waals surface area contributed by atoms with E-state index in [1.54, 1.807) is 30.3 Å². The van der Waals surface area contributed by atoms with Crippen LogP contribution in [-0.2, 0) is 0 Å². The summed E-state index contributed by atoms with van der Waals surface area (Å²) in [6.07, 6.45) is 1.48. The van der Waals surface area contributed by atoms with Crippen molar-refractivity contribution in [2.45, 2.75) is 0 Å². The van der Waals surface area contributed by atoms with Gasteiger partial charge in [0.15, 0.2) is 5.78 Å². The fourth-order valence-corrected chi connectivity index (χ4v) is 2.40. The lowest BCUT2D eigenvalue weighted by atomic mass is 10.0. The molecule has 3 aromatic rings. The molecule has 2 aromatic carbocycles. The molecule has 0 fully saturated rings. The summed E-state index contributed by atoms with van der Waals surface area (Å²) in [6, 6.07) is 9.41. The Morgan fingerprint density at radius 1 is 1.15 bits per heavy atom. The van der Waals surface area contributed by atoms with Gasteiger partial charge in [-0.3, -0.25) is 4.79 Å². The number of fused-ring (bicyclic) bond motifs is 1. The highest BCUT2D eigenvalue weighted by atomic mass is 35.5. The van der Waals surface area contributed by atoms with Crippen molar-refractivity contribution in [1.82, 2.24) is 4.98 Å². The summed E-state index contributed by atoms with van der Waals surface area (Å²) >= 11 is 6.05. The molecule has 1 aromatic heterocycles. The molecule has 100 valence electrons. The Morgan fingerprint density at radius 3 is 2.70 bits per heavy atom. The van der Waals surface area contributed by atoms with Gasteiger partial charge in [0.2, 0.25) is 0 Å². The summed E-state index contributed by atoms with van der Waals surface area (Å²) in [7, 11) is 0. The summed E-state index contributed by atoms with van der Waals surface area (Å²) < 4.78 is 13.9. The summed E-state index contributed by atoms with van der Waals surface area (Å²) in [4.78, 5) is 15.4. The molecule has 0 aliphatic rings. The van der Waals surface area contributed by atoms with Crippen molar-refractivity contribution < 1.29 is 9.18 Å². The Hall–Kier alpha value is -2.33. The summed E-state index contributed by atoms with van der Waals surface area (Å²) in [5.41, 5.74) is 7.07. The molecule has 5 heteroatoms. The number of hydrogen-bond acceptors (Lipinski definition) is 2. The zero-order chi connectivity index (χ0) is 14.3. The third kappa shape index (κ3) is 1.85. The minimum atomic E-state index is -0.452. The van der Waals surface area contributed by atoms with Gasteiger partial charge in [0.1, 0.15) is 5.82 Å². The number of nitrogens with one attached hydrogen (secondary N) is 1. The number of rotatable bonds is 2. The van der Waals surface area contributed by atoms with Crippen LogP contribution in [0.3, 0.4) is 0 Å². The smallest absolute Gasteiger partial charge is 0.196 e. The van der Waals surface area contributed by atoms with Crippen molar-refractivity contribution in [1.29, 1.82) is 0 Å². The van der Waals surface area contributed by atoms with Gasteiger partial charge in [0.25, 0.3) is 0 Å². The predicted molar refractivity (Wildman–Crippen MR) is 77.6 cm³/mol. The topological polar surface area (TPSA) is 58.9 Å². The standard InChI is InChI=1S/C15H10ClFN2O/c16-14-8(3-1-5-11(14)18)15(20)9-7-19-12-6-2-4-10(17)13(9)12/h1-7,19H,18H2. The van der Waals surface area contributed by atoms with Crippen LogP contribution in [-0.4, -0.2) is 10.8 Å². The van der Waals surface area contributed by atoms with Gasteiger partial charge in [-0.2, -0.15) is 0 Å². The molecule has 3 rings (SSSR count). The van der Waals surface area contributed by atoms with Crippen molar-refractivity contribution in [3.63, 3.8) is 0 Å². The lowest BCUT2D eigenvalue weighted by Gasteiger charge is -2.05. The second-order valence-electron chi connectivity index (χ2n) is 4.40. The molecular weight excluding hydrogens is 279 g/mol. The first-order valence-electron chi connectivity index (χ1n) is 5.94. The van der Waals surface area contributed by atoms with E-state index in [0.29, 0.717) is 11.2 Å². The maximum atomic E-state index is 13.9. The number of ketones is 1. The van der Waals surface area contributed by atoms with Gasteiger partial charge < -0.3 is 10.7 Å². The average Bonchev–Trinajstić information content (AvgIpc) is 2.86. The van der Waals surface area contributed by atoms with Gasteiger partial charge in [0.05, 0.1) is 16.3 Å². The van der Waals surface area contributed by atoms with Gasteiger partial charge in [-0.15, -0.1) is 0 Å². The SMILES string of the molecule is Nc1cccc(C(=O)c2c[nH]c3cccc(F)c23)c1Cl. The van der Waals surface area contributed by atoms with E-state index in [-0.39, 0.29) is 27.3 Å². The lowest BCUT2D eigenvalue weighted by Crippen LogP contribution is -2.03. The average molecular weight is 289 g/mol. The number of H-pyrrole nitrogens is 1. The van der Waals surface area contributed by atoms with Gasteiger partial charge in [-0.05, 0) is 24.3 Å². The van der Waals surface area contributed by atoms with Gasteiger partial charge in [-0.1, -0.05) is 23.7 Å². The number of halogens is 2. The third-order valence-corrected chi connectivity index (χ3v) is 3.59. The number of nitrogen functional groups attached to an aromatic ring is 1. The zero-order valence-corrected chi connectivity index (χ0v) is 11.0. The monoisotopic (exact) mass is 288 g/mol. The van der Waals surface area contributed by atoms with Crippen molar-refractivity contribution in [2.24, 2.45) is 0 Å². The molecule has 0 amide bonds. The second-order valence-corrected chi connectivity index (χ2v) is 4.78. The van der Waals surface area contributed by atoms with Crippen molar-refractivity contribution in [3.8, 4) is 0 Å². The van der Waals surface area contributed by atoms with Crippen LogP contribution in [0.4, 0.5) is 10.1 Å². The first kappa shape index (κ1) is 12.7. The van der Waals surface area contributed by atoms with Crippen LogP contribution in [0.5, 0.6) is 0 Å². The maximum absolute atomic E-state index is 13.9. The molecule has 0 bridgehead atoms. The Bertz CT molecular complexity index is 826. The molecule has 0 saturated heterocycles. The molecule has 0 spiro atoms. The molecule has 3 nitrogen and oxygen atoms in total. The van der Waals surface area contributed by atoms with E-state index < -0.39 is 5.82 Å². The van der Waals surface area contributed by atoms with E-state index in [2.05, 4.69) is 4.98 Å². The summed E-state index contributed by atoms with van der Waals surface area (Å²) in [6.45, 7) is 0. The molecule has 0 atom stereocenters. The van der Waals surface area contributed by atoms with E-state index >= 15 is 0 Å². The van der Waals surface area contributed by atoms with E-state index in [1.165, 1.54) is 12.3 Å². The van der Waals surface area contributed by atoms with Crippen LogP contribution in [0.2, 0.25) is 5.02 Å². The van der Waals surface area contributed by atoms with Crippen LogP contribution in [0.25, 0.3) is 10.9 Å². The minimum absolute atomic E-state index is 0.184. The van der Waals surface area contributed by atoms with E-state index in [1.807, 2.05) is 0 Å². The number of benzene rings is 2. The summed E-state index contributed by atoms with van der Waals surface area (Å²) in [5.74, 6) is -0.814. The number of anilines is 1. The second kappa shape index (κ2) is 4.65. The van der Waals surface area contributed by atoms with Crippen molar-refractivity contribution >= 4 is 34.0 Å². The highest BCUT2D eigenvalue weighted by Crippen LogP contribution is 2.29. The Morgan fingerprint density at radius 2 is 1.90 bits per heavy atom. The van der Waals surface area contributed by atoms with Crippen molar-refractivity contribution in [2.75, 3.05) is 5.73 Å². The Balaban J connectivity index is 2.21. The number of aromatic amines is 1. The van der Waals surface area contributed by atoms with Gasteiger partial charge in [-0.25, -0.2) is 4.39 Å². The normalized spacial score (nSPS) is 10.9. The summed E-state index contributed by atoms with van der Waals surface area (Å²) in [5, 5.41) is 0.444. The van der Waals surface area contributed by atoms with Crippen LogP contribution >= 0.6 is 11.6 Å². The highest BCUT2D eigenvalue weighted by molar-refractivity contribution is 6.37. The van der Waals surface area contributed by atoms with Crippen LogP contribution < -0.4 is 5.73 Å². The molecule has 20 heavy (non-hydrogen) atoms. The number of hydrogen-bond donors (Lipinski definition) is 2. The maximum Gasteiger partial charge on any atom is 0.196 e. The molecule has 0 saturated carbocycles. The van der Waals surface area contributed by atoms with Gasteiger partial charge >= 0.3 is 0 Å². The largest absolute Gasteiger partial charge is 0.398 e. The first-order chi connectivity index (χ1) is 9.59. The number of carbonyl (C=O) groups is 1. The van der Waals surface area contributed by atoms with E-state index in [0.717, 1.165) is 0 Å². The number of nitrogens with two attached hydrogens (primary N) is 1. The fourth-order valence-electron chi connectivity index (χ4n) is 2.19. The number of aromatic nitrogens is 1. The van der Waals surface area contributed by atoms with Crippen LogP contribution in [0.15, 0.2) is 42.6 Å². The number of carbonyl (C=O) groups excluding carboxylic acids is 1.